The van der Waals surface area contributed by atoms with Gasteiger partial charge >= 0.3 is 0 Å². The van der Waals surface area contributed by atoms with Crippen molar-refractivity contribution in [2.75, 3.05) is 37.6 Å². The lowest BCUT2D eigenvalue weighted by molar-refractivity contribution is 0.0950. The zero-order valence-electron chi connectivity index (χ0n) is 12.1. The van der Waals surface area contributed by atoms with Gasteiger partial charge in [0.2, 0.25) is 0 Å². The minimum Gasteiger partial charge on any atom is -0.355 e. The maximum atomic E-state index is 12.0. The molecule has 1 amide bonds. The Morgan fingerprint density at radius 2 is 2.14 bits per heavy atom. The lowest BCUT2D eigenvalue weighted by Gasteiger charge is -2.16. The van der Waals surface area contributed by atoms with Gasteiger partial charge in [-0.25, -0.2) is 0 Å². The highest BCUT2D eigenvalue weighted by molar-refractivity contribution is 5.92. The summed E-state index contributed by atoms with van der Waals surface area (Å²) in [6, 6.07) is 3.64. The maximum Gasteiger partial charge on any atom is 0.272 e. The highest BCUT2D eigenvalue weighted by Crippen LogP contribution is 2.16. The van der Waals surface area contributed by atoms with Crippen molar-refractivity contribution in [3.05, 3.63) is 29.5 Å². The summed E-state index contributed by atoms with van der Waals surface area (Å²) in [5.74, 6) is 0.708. The Balaban J connectivity index is 1.55. The van der Waals surface area contributed by atoms with Crippen LogP contribution in [-0.4, -0.2) is 48.8 Å². The Morgan fingerprint density at radius 1 is 1.29 bits per heavy atom. The molecule has 2 aliphatic heterocycles. The molecule has 0 atom stereocenters. The average Bonchev–Trinajstić information content (AvgIpc) is 3.08. The molecular formula is C15H21N5O. The molecule has 3 heterocycles. The third-order valence-corrected chi connectivity index (χ3v) is 3.95. The summed E-state index contributed by atoms with van der Waals surface area (Å²) in [5, 5.41) is 14.4. The number of anilines is 1. The maximum absolute atomic E-state index is 12.0. The van der Waals surface area contributed by atoms with E-state index in [4.69, 9.17) is 0 Å². The molecule has 1 aromatic rings. The molecule has 0 radical (unpaired) electrons. The number of hydrogen-bond donors (Lipinski definition) is 2. The summed E-state index contributed by atoms with van der Waals surface area (Å²) < 4.78 is 0. The monoisotopic (exact) mass is 287 g/mol. The molecule has 2 N–H and O–H groups in total. The van der Waals surface area contributed by atoms with E-state index in [1.165, 1.54) is 18.4 Å². The smallest absolute Gasteiger partial charge is 0.272 e. The minimum absolute atomic E-state index is 0.157. The zero-order chi connectivity index (χ0) is 14.5. The van der Waals surface area contributed by atoms with Gasteiger partial charge in [-0.05, 0) is 37.9 Å². The first-order valence-corrected chi connectivity index (χ1v) is 7.58. The molecule has 21 heavy (non-hydrogen) atoms. The fraction of sp³-hybridized carbons (Fsp3) is 0.533. The first-order valence-electron chi connectivity index (χ1n) is 7.58. The quantitative estimate of drug-likeness (QED) is 0.799. The third kappa shape index (κ3) is 3.58. The van der Waals surface area contributed by atoms with E-state index in [0.29, 0.717) is 12.2 Å². The largest absolute Gasteiger partial charge is 0.355 e. The number of nitrogens with zero attached hydrogens (tertiary/aromatic N) is 3. The second kappa shape index (κ2) is 6.67. The predicted molar refractivity (Wildman–Crippen MR) is 81.4 cm³/mol. The van der Waals surface area contributed by atoms with Crippen molar-refractivity contribution in [1.29, 1.82) is 0 Å². The number of hydrogen-bond acceptors (Lipinski definition) is 5. The molecule has 6 nitrogen and oxygen atoms in total. The van der Waals surface area contributed by atoms with Crippen LogP contribution in [0.15, 0.2) is 23.8 Å². The molecule has 6 heteroatoms. The molecule has 0 unspecified atom stereocenters. The van der Waals surface area contributed by atoms with E-state index >= 15 is 0 Å². The van der Waals surface area contributed by atoms with E-state index < -0.39 is 0 Å². The molecule has 112 valence electrons. The molecule has 2 aliphatic rings. The van der Waals surface area contributed by atoms with Crippen LogP contribution in [0, 0.1) is 0 Å². The van der Waals surface area contributed by atoms with E-state index in [9.17, 15) is 4.79 Å². The van der Waals surface area contributed by atoms with E-state index in [1.54, 1.807) is 6.07 Å². The Bertz CT molecular complexity index is 519. The number of amides is 1. The Morgan fingerprint density at radius 3 is 2.81 bits per heavy atom. The minimum atomic E-state index is -0.157. The normalized spacial score (nSPS) is 18.5. The summed E-state index contributed by atoms with van der Waals surface area (Å²) in [4.78, 5) is 14.3. The number of rotatable bonds is 4. The second-order valence-electron chi connectivity index (χ2n) is 5.47. The fourth-order valence-corrected chi connectivity index (χ4v) is 2.68. The summed E-state index contributed by atoms with van der Waals surface area (Å²) in [6.07, 6.45) is 5.52. The second-order valence-corrected chi connectivity index (χ2v) is 5.47. The highest BCUT2D eigenvalue weighted by Gasteiger charge is 2.15. The standard InChI is InChI=1S/C15H21N5O/c21-15(17-11-12-5-7-16-8-6-12)13-3-4-14(19-18-13)20-9-1-2-10-20/h3-5,16H,1-2,6-11H2,(H,17,21). The van der Waals surface area contributed by atoms with Crippen LogP contribution in [0.25, 0.3) is 0 Å². The van der Waals surface area contributed by atoms with Crippen molar-refractivity contribution in [3.8, 4) is 0 Å². The van der Waals surface area contributed by atoms with Crippen LogP contribution in [0.5, 0.6) is 0 Å². The van der Waals surface area contributed by atoms with Crippen LogP contribution in [0.3, 0.4) is 0 Å². The average molecular weight is 287 g/mol. The molecule has 0 bridgehead atoms. The molecule has 1 aromatic heterocycles. The Kier molecular flexibility index (Phi) is 4.45. The lowest BCUT2D eigenvalue weighted by Crippen LogP contribution is -2.30. The Hall–Kier alpha value is -1.95. The van der Waals surface area contributed by atoms with Gasteiger partial charge in [0.25, 0.3) is 5.91 Å². The van der Waals surface area contributed by atoms with Gasteiger partial charge in [-0.2, -0.15) is 0 Å². The molecule has 3 rings (SSSR count). The summed E-state index contributed by atoms with van der Waals surface area (Å²) in [6.45, 7) is 4.52. The van der Waals surface area contributed by atoms with E-state index in [2.05, 4.69) is 31.8 Å². The fourth-order valence-electron chi connectivity index (χ4n) is 2.68. The van der Waals surface area contributed by atoms with E-state index in [0.717, 1.165) is 38.4 Å². The predicted octanol–water partition coefficient (Wildman–Crippen LogP) is 0.726. The van der Waals surface area contributed by atoms with E-state index in [-0.39, 0.29) is 5.91 Å². The van der Waals surface area contributed by atoms with Crippen molar-refractivity contribution >= 4 is 11.7 Å². The molecule has 1 fully saturated rings. The molecule has 0 aromatic carbocycles. The van der Waals surface area contributed by atoms with Crippen LogP contribution in [0.4, 0.5) is 5.82 Å². The third-order valence-electron chi connectivity index (χ3n) is 3.95. The Labute approximate surface area is 124 Å². The highest BCUT2D eigenvalue weighted by atomic mass is 16.1. The van der Waals surface area contributed by atoms with Crippen molar-refractivity contribution in [2.45, 2.75) is 19.3 Å². The van der Waals surface area contributed by atoms with Crippen molar-refractivity contribution in [1.82, 2.24) is 20.8 Å². The number of carbonyl (C=O) groups is 1. The van der Waals surface area contributed by atoms with Gasteiger partial charge in [-0.3, -0.25) is 4.79 Å². The van der Waals surface area contributed by atoms with Crippen molar-refractivity contribution in [2.24, 2.45) is 0 Å². The van der Waals surface area contributed by atoms with Gasteiger partial charge in [0, 0.05) is 26.2 Å². The van der Waals surface area contributed by atoms with Gasteiger partial charge in [-0.1, -0.05) is 11.6 Å². The van der Waals surface area contributed by atoms with Gasteiger partial charge in [-0.15, -0.1) is 10.2 Å². The number of aromatic nitrogens is 2. The van der Waals surface area contributed by atoms with Gasteiger partial charge < -0.3 is 15.5 Å². The zero-order valence-corrected chi connectivity index (χ0v) is 12.1. The van der Waals surface area contributed by atoms with Crippen LogP contribution in [0.2, 0.25) is 0 Å². The summed E-state index contributed by atoms with van der Waals surface area (Å²) in [5.41, 5.74) is 1.65. The molecular weight excluding hydrogens is 266 g/mol. The lowest BCUT2D eigenvalue weighted by atomic mass is 10.1. The topological polar surface area (TPSA) is 70.2 Å². The summed E-state index contributed by atoms with van der Waals surface area (Å²) in [7, 11) is 0. The van der Waals surface area contributed by atoms with E-state index in [1.807, 2.05) is 6.07 Å². The van der Waals surface area contributed by atoms with Crippen LogP contribution in [-0.2, 0) is 0 Å². The van der Waals surface area contributed by atoms with Gasteiger partial charge in [0.1, 0.15) is 0 Å². The molecule has 0 saturated carbocycles. The number of carbonyl (C=O) groups excluding carboxylic acids is 1. The molecule has 0 spiro atoms. The first-order chi connectivity index (χ1) is 10.3. The van der Waals surface area contributed by atoms with Crippen LogP contribution in [0.1, 0.15) is 29.8 Å². The van der Waals surface area contributed by atoms with Crippen LogP contribution < -0.4 is 15.5 Å². The van der Waals surface area contributed by atoms with Crippen molar-refractivity contribution < 1.29 is 4.79 Å². The van der Waals surface area contributed by atoms with Gasteiger partial charge in [0.15, 0.2) is 11.5 Å². The molecule has 1 saturated heterocycles. The van der Waals surface area contributed by atoms with Crippen molar-refractivity contribution in [3.63, 3.8) is 0 Å². The molecule has 0 aliphatic carbocycles. The van der Waals surface area contributed by atoms with Gasteiger partial charge in [0.05, 0.1) is 0 Å². The van der Waals surface area contributed by atoms with Crippen LogP contribution >= 0.6 is 0 Å². The first kappa shape index (κ1) is 14.0. The SMILES string of the molecule is O=C(NCC1=CCNCC1)c1ccc(N2CCCC2)nn1. The number of nitrogens with one attached hydrogen (secondary N) is 2. The summed E-state index contributed by atoms with van der Waals surface area (Å²) >= 11 is 0.